The van der Waals surface area contributed by atoms with Crippen LogP contribution in [-0.4, -0.2) is 14.2 Å². The Morgan fingerprint density at radius 3 is 2.63 bits per heavy atom. The lowest BCUT2D eigenvalue weighted by molar-refractivity contribution is 0.383. The minimum absolute atomic E-state index is 0.101. The van der Waals surface area contributed by atoms with Gasteiger partial charge in [0.2, 0.25) is 0 Å². The maximum Gasteiger partial charge on any atom is 0.141 e. The number of hydrogen-bond acceptors (Lipinski definition) is 4. The average Bonchev–Trinajstić information content (AvgIpc) is 2.91. The van der Waals surface area contributed by atoms with Crippen LogP contribution in [0.3, 0.4) is 0 Å². The van der Waals surface area contributed by atoms with Crippen molar-refractivity contribution in [2.45, 2.75) is 12.5 Å². The zero-order valence-electron chi connectivity index (χ0n) is 10.9. The van der Waals surface area contributed by atoms with Gasteiger partial charge in [-0.1, -0.05) is 6.07 Å². The molecule has 1 unspecified atom stereocenters. The fraction of sp³-hybridized carbons (Fsp3) is 0.286. The third-order valence-corrected chi connectivity index (χ3v) is 4.57. The van der Waals surface area contributed by atoms with Crippen LogP contribution in [0.15, 0.2) is 34.1 Å². The van der Waals surface area contributed by atoms with Gasteiger partial charge in [-0.25, -0.2) is 0 Å². The van der Waals surface area contributed by atoms with E-state index in [0.717, 1.165) is 28.0 Å². The van der Waals surface area contributed by atoms with Gasteiger partial charge in [0.1, 0.15) is 16.0 Å². The Labute approximate surface area is 125 Å². The van der Waals surface area contributed by atoms with Gasteiger partial charge in [-0.2, -0.15) is 0 Å². The van der Waals surface area contributed by atoms with Gasteiger partial charge in [0.05, 0.1) is 14.2 Å². The van der Waals surface area contributed by atoms with Crippen LogP contribution in [0.4, 0.5) is 0 Å². The number of ether oxygens (including phenoxy) is 2. The molecule has 0 spiro atoms. The van der Waals surface area contributed by atoms with Crippen molar-refractivity contribution in [3.05, 3.63) is 44.6 Å². The Bertz CT molecular complexity index is 543. The van der Waals surface area contributed by atoms with Crippen molar-refractivity contribution in [1.82, 2.24) is 0 Å². The molecule has 3 nitrogen and oxygen atoms in total. The zero-order chi connectivity index (χ0) is 13.8. The number of hydrogen-bond donors (Lipinski definition) is 1. The molecule has 0 radical (unpaired) electrons. The van der Waals surface area contributed by atoms with Gasteiger partial charge < -0.3 is 15.2 Å². The summed E-state index contributed by atoms with van der Waals surface area (Å²) in [5.74, 6) is 1.48. The molecule has 1 atom stereocenters. The number of halogens is 1. The maximum absolute atomic E-state index is 6.29. The standard InChI is InChI=1S/C14H16BrNO2S/c1-17-12-6-5-10(14(18-2)13(12)15)11(16)8-9-4-3-7-19-9/h3-7,11H,8,16H2,1-2H3. The molecule has 0 bridgehead atoms. The average molecular weight is 342 g/mol. The fourth-order valence-electron chi connectivity index (χ4n) is 1.97. The topological polar surface area (TPSA) is 44.5 Å². The van der Waals surface area contributed by atoms with Gasteiger partial charge in [-0.15, -0.1) is 11.3 Å². The molecule has 19 heavy (non-hydrogen) atoms. The summed E-state index contributed by atoms with van der Waals surface area (Å²) in [6.45, 7) is 0. The van der Waals surface area contributed by atoms with Crippen molar-refractivity contribution < 1.29 is 9.47 Å². The van der Waals surface area contributed by atoms with Gasteiger partial charge in [-0.05, 0) is 39.5 Å². The first-order chi connectivity index (χ1) is 9.17. The van der Waals surface area contributed by atoms with E-state index in [-0.39, 0.29) is 6.04 Å². The first kappa shape index (κ1) is 14.4. The van der Waals surface area contributed by atoms with E-state index in [1.807, 2.05) is 18.2 Å². The van der Waals surface area contributed by atoms with E-state index >= 15 is 0 Å². The first-order valence-corrected chi connectivity index (χ1v) is 7.53. The molecule has 0 fully saturated rings. The van der Waals surface area contributed by atoms with Gasteiger partial charge >= 0.3 is 0 Å². The minimum atomic E-state index is -0.101. The molecule has 2 aromatic rings. The smallest absolute Gasteiger partial charge is 0.141 e. The summed E-state index contributed by atoms with van der Waals surface area (Å²) in [4.78, 5) is 1.27. The summed E-state index contributed by atoms with van der Waals surface area (Å²) in [5.41, 5.74) is 7.26. The van der Waals surface area contributed by atoms with Gasteiger partial charge in [0.15, 0.2) is 0 Å². The number of nitrogens with two attached hydrogens (primary N) is 1. The van der Waals surface area contributed by atoms with Crippen molar-refractivity contribution >= 4 is 27.3 Å². The predicted molar refractivity (Wildman–Crippen MR) is 82.2 cm³/mol. The van der Waals surface area contributed by atoms with Crippen LogP contribution >= 0.6 is 27.3 Å². The van der Waals surface area contributed by atoms with E-state index in [1.165, 1.54) is 4.88 Å². The molecule has 1 aromatic carbocycles. The van der Waals surface area contributed by atoms with Crippen LogP contribution in [0, 0.1) is 0 Å². The van der Waals surface area contributed by atoms with E-state index in [9.17, 15) is 0 Å². The van der Waals surface area contributed by atoms with E-state index in [0.29, 0.717) is 0 Å². The summed E-state index contributed by atoms with van der Waals surface area (Å²) in [6, 6.07) is 7.89. The predicted octanol–water partition coefficient (Wildman–Crippen LogP) is 3.77. The van der Waals surface area contributed by atoms with Crippen LogP contribution < -0.4 is 15.2 Å². The molecular weight excluding hydrogens is 326 g/mol. The lowest BCUT2D eigenvalue weighted by Crippen LogP contribution is -2.14. The largest absolute Gasteiger partial charge is 0.495 e. The molecule has 2 N–H and O–H groups in total. The van der Waals surface area contributed by atoms with Crippen LogP contribution in [0.25, 0.3) is 0 Å². The van der Waals surface area contributed by atoms with Crippen molar-refractivity contribution in [2.24, 2.45) is 5.73 Å². The van der Waals surface area contributed by atoms with Crippen LogP contribution in [0.1, 0.15) is 16.5 Å². The van der Waals surface area contributed by atoms with E-state index < -0.39 is 0 Å². The molecule has 0 aliphatic heterocycles. The minimum Gasteiger partial charge on any atom is -0.495 e. The summed E-state index contributed by atoms with van der Waals surface area (Å²) >= 11 is 5.21. The zero-order valence-corrected chi connectivity index (χ0v) is 13.3. The quantitative estimate of drug-likeness (QED) is 0.900. The second-order valence-corrected chi connectivity index (χ2v) is 5.92. The summed E-state index contributed by atoms with van der Waals surface area (Å²) < 4.78 is 11.5. The van der Waals surface area contributed by atoms with Crippen molar-refractivity contribution in [2.75, 3.05) is 14.2 Å². The van der Waals surface area contributed by atoms with Gasteiger partial charge in [-0.3, -0.25) is 0 Å². The lowest BCUT2D eigenvalue weighted by atomic mass is 10.0. The molecule has 0 aliphatic rings. The summed E-state index contributed by atoms with van der Waals surface area (Å²) in [6.07, 6.45) is 0.798. The van der Waals surface area contributed by atoms with Crippen LogP contribution in [-0.2, 0) is 6.42 Å². The van der Waals surface area contributed by atoms with E-state index in [1.54, 1.807) is 25.6 Å². The van der Waals surface area contributed by atoms with Crippen molar-refractivity contribution in [3.63, 3.8) is 0 Å². The molecule has 0 aliphatic carbocycles. The molecule has 5 heteroatoms. The summed E-state index contributed by atoms with van der Waals surface area (Å²) in [5, 5.41) is 2.06. The monoisotopic (exact) mass is 341 g/mol. The molecule has 102 valence electrons. The normalized spacial score (nSPS) is 12.2. The molecule has 1 aromatic heterocycles. The highest BCUT2D eigenvalue weighted by Crippen LogP contribution is 2.39. The van der Waals surface area contributed by atoms with E-state index in [2.05, 4.69) is 27.4 Å². The third-order valence-electron chi connectivity index (χ3n) is 2.92. The first-order valence-electron chi connectivity index (χ1n) is 5.85. The number of methoxy groups -OCH3 is 2. The number of thiophene rings is 1. The Morgan fingerprint density at radius 1 is 1.26 bits per heavy atom. The highest BCUT2D eigenvalue weighted by Gasteiger charge is 2.18. The van der Waals surface area contributed by atoms with Gasteiger partial charge in [0, 0.05) is 22.9 Å². The van der Waals surface area contributed by atoms with Gasteiger partial charge in [0.25, 0.3) is 0 Å². The highest BCUT2D eigenvalue weighted by atomic mass is 79.9. The number of benzene rings is 1. The fourth-order valence-corrected chi connectivity index (χ4v) is 3.42. The third kappa shape index (κ3) is 3.11. The Kier molecular flexibility index (Phi) is 4.85. The molecule has 2 rings (SSSR count). The molecule has 0 saturated carbocycles. The highest BCUT2D eigenvalue weighted by molar-refractivity contribution is 9.10. The lowest BCUT2D eigenvalue weighted by Gasteiger charge is -2.18. The Morgan fingerprint density at radius 2 is 2.05 bits per heavy atom. The van der Waals surface area contributed by atoms with Crippen molar-refractivity contribution in [1.29, 1.82) is 0 Å². The second-order valence-electron chi connectivity index (χ2n) is 4.09. The van der Waals surface area contributed by atoms with Crippen LogP contribution in [0.2, 0.25) is 0 Å². The number of rotatable bonds is 5. The molecule has 0 amide bonds. The maximum atomic E-state index is 6.29. The van der Waals surface area contributed by atoms with Crippen LogP contribution in [0.5, 0.6) is 11.5 Å². The SMILES string of the molecule is COc1ccc(C(N)Cc2cccs2)c(OC)c1Br. The van der Waals surface area contributed by atoms with E-state index in [4.69, 9.17) is 15.2 Å². The van der Waals surface area contributed by atoms with Crippen molar-refractivity contribution in [3.8, 4) is 11.5 Å². The Balaban J connectivity index is 2.31. The summed E-state index contributed by atoms with van der Waals surface area (Å²) in [7, 11) is 3.27. The second kappa shape index (κ2) is 6.41. The Hall–Kier alpha value is -1.04. The molecule has 1 heterocycles. The molecular formula is C14H16BrNO2S. The molecule has 0 saturated heterocycles.